The van der Waals surface area contributed by atoms with E-state index in [1.807, 2.05) is 13.1 Å². The number of nitrogens with zero attached hydrogens (tertiary/aromatic N) is 1. The lowest BCUT2D eigenvalue weighted by molar-refractivity contribution is -0.935. The molecule has 0 spiro atoms. The minimum atomic E-state index is -0.382. The normalized spacial score (nSPS) is 22.8. The van der Waals surface area contributed by atoms with Crippen LogP contribution < -0.4 is 5.32 Å². The molecule has 0 aromatic rings. The van der Waals surface area contributed by atoms with Gasteiger partial charge in [-0.15, -0.1) is 0 Å². The molecule has 0 saturated carbocycles. The Kier molecular flexibility index (Phi) is 14.5. The standard InChI is InChI=1S/C25H49N2O/c1-4-6-7-8-9-10-11-12-13-14-15-16-17-18-19-20-21-25-26-22-23-27(25,5-2)24(3)28/h20-26,28H,4-19H2,1-3H3/q+1/b21-20+. The van der Waals surface area contributed by atoms with Crippen molar-refractivity contribution in [3.8, 4) is 0 Å². The molecule has 0 radical (unpaired) electrons. The summed E-state index contributed by atoms with van der Waals surface area (Å²) in [5.74, 6) is 0. The maximum Gasteiger partial charge on any atom is 0.193 e. The third-order valence-electron chi connectivity index (χ3n) is 6.42. The zero-order valence-corrected chi connectivity index (χ0v) is 19.2. The van der Waals surface area contributed by atoms with Gasteiger partial charge in [0.1, 0.15) is 6.20 Å². The number of hydrogen-bond donors (Lipinski definition) is 2. The molecule has 0 aromatic carbocycles. The van der Waals surface area contributed by atoms with E-state index in [1.165, 1.54) is 89.9 Å². The molecule has 164 valence electrons. The van der Waals surface area contributed by atoms with Crippen LogP contribution in [0.15, 0.2) is 24.6 Å². The Morgan fingerprint density at radius 1 is 0.857 bits per heavy atom. The number of allylic oxidation sites excluding steroid dienone is 1. The summed E-state index contributed by atoms with van der Waals surface area (Å²) >= 11 is 0. The van der Waals surface area contributed by atoms with Crippen molar-refractivity contribution in [2.45, 2.75) is 129 Å². The molecule has 0 aliphatic carbocycles. The van der Waals surface area contributed by atoms with Crippen LogP contribution in [0.3, 0.4) is 0 Å². The maximum absolute atomic E-state index is 10.2. The van der Waals surface area contributed by atoms with Gasteiger partial charge in [0.25, 0.3) is 0 Å². The Hall–Kier alpha value is -0.800. The fourth-order valence-corrected chi connectivity index (χ4v) is 4.33. The maximum atomic E-state index is 10.2. The van der Waals surface area contributed by atoms with Gasteiger partial charge >= 0.3 is 0 Å². The summed E-state index contributed by atoms with van der Waals surface area (Å²) in [5, 5.41) is 13.5. The molecular formula is C25H49N2O+. The van der Waals surface area contributed by atoms with E-state index < -0.39 is 0 Å². The second-order valence-electron chi connectivity index (χ2n) is 8.68. The molecule has 0 bridgehead atoms. The van der Waals surface area contributed by atoms with Crippen LogP contribution in [0.5, 0.6) is 0 Å². The highest BCUT2D eigenvalue weighted by atomic mass is 16.3. The molecule has 0 fully saturated rings. The monoisotopic (exact) mass is 393 g/mol. The number of quaternary nitrogens is 1. The van der Waals surface area contributed by atoms with E-state index in [2.05, 4.69) is 37.5 Å². The number of aliphatic hydroxyl groups is 1. The molecule has 1 heterocycles. The first-order valence-corrected chi connectivity index (χ1v) is 12.3. The molecule has 0 aromatic heterocycles. The molecule has 3 atom stereocenters. The van der Waals surface area contributed by atoms with E-state index >= 15 is 0 Å². The molecule has 1 rings (SSSR count). The first-order valence-electron chi connectivity index (χ1n) is 12.3. The topological polar surface area (TPSA) is 32.3 Å². The molecule has 28 heavy (non-hydrogen) atoms. The first-order chi connectivity index (χ1) is 13.7. The van der Waals surface area contributed by atoms with Crippen molar-refractivity contribution in [2.24, 2.45) is 0 Å². The van der Waals surface area contributed by atoms with Crippen molar-refractivity contribution in [3.63, 3.8) is 0 Å². The molecule has 0 saturated heterocycles. The quantitative estimate of drug-likeness (QED) is 0.149. The van der Waals surface area contributed by atoms with Crippen LogP contribution >= 0.6 is 0 Å². The highest BCUT2D eigenvalue weighted by Crippen LogP contribution is 2.23. The van der Waals surface area contributed by atoms with Gasteiger partial charge in [0, 0.05) is 6.92 Å². The molecule has 1 aliphatic rings. The lowest BCUT2D eigenvalue weighted by Gasteiger charge is -2.37. The van der Waals surface area contributed by atoms with Gasteiger partial charge in [0.05, 0.1) is 12.7 Å². The van der Waals surface area contributed by atoms with Crippen LogP contribution in [-0.2, 0) is 0 Å². The summed E-state index contributed by atoms with van der Waals surface area (Å²) in [7, 11) is 0. The lowest BCUT2D eigenvalue weighted by Crippen LogP contribution is -2.56. The van der Waals surface area contributed by atoms with Crippen LogP contribution in [0.25, 0.3) is 0 Å². The Morgan fingerprint density at radius 3 is 1.82 bits per heavy atom. The van der Waals surface area contributed by atoms with E-state index in [1.54, 1.807) is 0 Å². The summed E-state index contributed by atoms with van der Waals surface area (Å²) in [6.45, 7) is 7.21. The van der Waals surface area contributed by atoms with Gasteiger partial charge in [0.15, 0.2) is 12.4 Å². The first kappa shape index (κ1) is 25.2. The number of nitrogens with one attached hydrogen (secondary N) is 1. The average Bonchev–Trinajstić information content (AvgIpc) is 3.12. The predicted octanol–water partition coefficient (Wildman–Crippen LogP) is 6.99. The third-order valence-corrected chi connectivity index (χ3v) is 6.42. The lowest BCUT2D eigenvalue weighted by atomic mass is 10.0. The fourth-order valence-electron chi connectivity index (χ4n) is 4.33. The van der Waals surface area contributed by atoms with Gasteiger partial charge < -0.3 is 10.4 Å². The fraction of sp³-hybridized carbons (Fsp3) is 0.840. The van der Waals surface area contributed by atoms with Crippen molar-refractivity contribution >= 4 is 0 Å². The molecule has 3 nitrogen and oxygen atoms in total. The zero-order valence-electron chi connectivity index (χ0n) is 19.2. The van der Waals surface area contributed by atoms with Crippen LogP contribution in [0.2, 0.25) is 0 Å². The van der Waals surface area contributed by atoms with Gasteiger partial charge in [-0.1, -0.05) is 96.5 Å². The molecule has 0 amide bonds. The predicted molar refractivity (Wildman–Crippen MR) is 123 cm³/mol. The Balaban J connectivity index is 1.92. The van der Waals surface area contributed by atoms with E-state index in [0.29, 0.717) is 4.48 Å². The molecular weight excluding hydrogens is 344 g/mol. The number of hydrogen-bond acceptors (Lipinski definition) is 2. The van der Waals surface area contributed by atoms with Crippen molar-refractivity contribution in [1.82, 2.24) is 5.32 Å². The third kappa shape index (κ3) is 9.60. The van der Waals surface area contributed by atoms with Crippen molar-refractivity contribution in [3.05, 3.63) is 24.6 Å². The van der Waals surface area contributed by atoms with Gasteiger partial charge in [-0.05, 0) is 25.8 Å². The van der Waals surface area contributed by atoms with Crippen LogP contribution in [0, 0.1) is 0 Å². The molecule has 3 heteroatoms. The zero-order chi connectivity index (χ0) is 20.5. The Bertz CT molecular complexity index is 419. The van der Waals surface area contributed by atoms with Crippen molar-refractivity contribution in [1.29, 1.82) is 0 Å². The Morgan fingerprint density at radius 2 is 1.36 bits per heavy atom. The molecule has 3 unspecified atom stereocenters. The molecule has 2 N–H and O–H groups in total. The van der Waals surface area contributed by atoms with Gasteiger partial charge in [-0.3, -0.25) is 0 Å². The van der Waals surface area contributed by atoms with E-state index in [0.717, 1.165) is 13.0 Å². The smallest absolute Gasteiger partial charge is 0.193 e. The van der Waals surface area contributed by atoms with E-state index in [9.17, 15) is 5.11 Å². The SMILES string of the molecule is CCCCCCCCCCCCCCCC/C=C/C1NC=C[N+]1(CC)C(C)O. The molecule has 1 aliphatic heterocycles. The number of aliphatic hydroxyl groups excluding tert-OH is 1. The van der Waals surface area contributed by atoms with E-state index in [-0.39, 0.29) is 12.4 Å². The summed E-state index contributed by atoms with van der Waals surface area (Å²) in [6.07, 6.45) is 29.3. The Labute approximate surface area is 175 Å². The van der Waals surface area contributed by atoms with Crippen LogP contribution in [-0.4, -0.2) is 28.5 Å². The minimum absolute atomic E-state index is 0.177. The average molecular weight is 394 g/mol. The second kappa shape index (κ2) is 16.0. The highest BCUT2D eigenvalue weighted by molar-refractivity contribution is 4.97. The summed E-state index contributed by atoms with van der Waals surface area (Å²) < 4.78 is 0.592. The number of unbranched alkanes of at least 4 members (excludes halogenated alkanes) is 14. The van der Waals surface area contributed by atoms with Crippen LogP contribution in [0.1, 0.15) is 117 Å². The van der Waals surface area contributed by atoms with E-state index in [4.69, 9.17) is 0 Å². The van der Waals surface area contributed by atoms with Crippen molar-refractivity contribution < 1.29 is 9.59 Å². The van der Waals surface area contributed by atoms with Gasteiger partial charge in [-0.25, -0.2) is 4.48 Å². The van der Waals surface area contributed by atoms with Gasteiger partial charge in [0.2, 0.25) is 0 Å². The van der Waals surface area contributed by atoms with Gasteiger partial charge in [-0.2, -0.15) is 0 Å². The van der Waals surface area contributed by atoms with Crippen LogP contribution in [0.4, 0.5) is 0 Å². The number of rotatable bonds is 18. The highest BCUT2D eigenvalue weighted by Gasteiger charge is 2.39. The second-order valence-corrected chi connectivity index (χ2v) is 8.68. The number of likely N-dealkylation sites (N-methyl/N-ethyl adjacent to an activating group) is 1. The van der Waals surface area contributed by atoms with Crippen molar-refractivity contribution in [2.75, 3.05) is 6.54 Å². The summed E-state index contributed by atoms with van der Waals surface area (Å²) in [4.78, 5) is 0. The minimum Gasteiger partial charge on any atom is -0.345 e. The summed E-state index contributed by atoms with van der Waals surface area (Å²) in [6, 6.07) is 0. The summed E-state index contributed by atoms with van der Waals surface area (Å²) in [5.41, 5.74) is 0. The largest absolute Gasteiger partial charge is 0.345 e.